The normalized spacial score (nSPS) is 10.2. The van der Waals surface area contributed by atoms with Crippen molar-refractivity contribution in [2.24, 2.45) is 0 Å². The first-order valence-corrected chi connectivity index (χ1v) is 5.88. The second-order valence-corrected chi connectivity index (χ2v) is 4.54. The van der Waals surface area contributed by atoms with Crippen LogP contribution in [0.5, 0.6) is 0 Å². The minimum atomic E-state index is -0.251. The number of rotatable bonds is 2. The zero-order valence-electron chi connectivity index (χ0n) is 8.90. The maximum Gasteiger partial charge on any atom is 0.269 e. The highest BCUT2D eigenvalue weighted by molar-refractivity contribution is 7.08. The zero-order valence-corrected chi connectivity index (χ0v) is 10.5. The Bertz CT molecular complexity index is 569. The zero-order chi connectivity index (χ0) is 12.4. The molecule has 0 aliphatic carbocycles. The van der Waals surface area contributed by atoms with Crippen LogP contribution in [0.2, 0.25) is 5.02 Å². The molecule has 0 aliphatic rings. The van der Waals surface area contributed by atoms with E-state index < -0.39 is 0 Å². The number of nitrogens with two attached hydrogens (primary N) is 1. The van der Waals surface area contributed by atoms with E-state index in [-0.39, 0.29) is 5.91 Å². The maximum atomic E-state index is 11.8. The van der Waals surface area contributed by atoms with Gasteiger partial charge in [-0.3, -0.25) is 4.79 Å². The van der Waals surface area contributed by atoms with E-state index in [1.54, 1.807) is 25.1 Å². The van der Waals surface area contributed by atoms with E-state index in [0.717, 1.165) is 11.5 Å². The second kappa shape index (κ2) is 4.68. The summed E-state index contributed by atoms with van der Waals surface area (Å²) in [4.78, 5) is 12.3. The number of aryl methyl sites for hydroxylation is 1. The Hall–Kier alpha value is -1.66. The summed E-state index contributed by atoms with van der Waals surface area (Å²) in [6.07, 6.45) is 0. The fourth-order valence-electron chi connectivity index (χ4n) is 1.25. The largest absolute Gasteiger partial charge is 0.397 e. The lowest BCUT2D eigenvalue weighted by Gasteiger charge is -2.05. The number of carbonyl (C=O) groups is 1. The molecular weight excluding hydrogens is 260 g/mol. The van der Waals surface area contributed by atoms with E-state index in [9.17, 15) is 4.79 Å². The first-order valence-electron chi connectivity index (χ1n) is 4.73. The standard InChI is InChI=1S/C10H9ClN4OS/c1-5-9(17-15-14-5)10(16)13-6-2-3-7(11)8(12)4-6/h2-4H,12H2,1H3,(H,13,16). The predicted molar refractivity (Wildman–Crippen MR) is 68.5 cm³/mol. The molecule has 1 heterocycles. The van der Waals surface area contributed by atoms with Crippen LogP contribution in [-0.4, -0.2) is 15.5 Å². The van der Waals surface area contributed by atoms with Crippen molar-refractivity contribution in [1.82, 2.24) is 9.59 Å². The predicted octanol–water partition coefficient (Wildman–Crippen LogP) is 2.33. The lowest BCUT2D eigenvalue weighted by molar-refractivity contribution is 0.103. The molecule has 0 radical (unpaired) electrons. The number of benzene rings is 1. The van der Waals surface area contributed by atoms with Gasteiger partial charge in [0, 0.05) is 5.69 Å². The maximum absolute atomic E-state index is 11.8. The molecule has 0 saturated heterocycles. The molecule has 0 atom stereocenters. The van der Waals surface area contributed by atoms with Crippen molar-refractivity contribution in [2.45, 2.75) is 6.92 Å². The molecule has 0 spiro atoms. The van der Waals surface area contributed by atoms with Crippen molar-refractivity contribution in [1.29, 1.82) is 0 Å². The van der Waals surface area contributed by atoms with Gasteiger partial charge in [-0.15, -0.1) is 5.10 Å². The summed E-state index contributed by atoms with van der Waals surface area (Å²) >= 11 is 6.84. The van der Waals surface area contributed by atoms with Gasteiger partial charge in [0.25, 0.3) is 5.91 Å². The van der Waals surface area contributed by atoms with Gasteiger partial charge in [-0.05, 0) is 36.7 Å². The summed E-state index contributed by atoms with van der Waals surface area (Å²) in [5, 5.41) is 6.94. The van der Waals surface area contributed by atoms with Crippen LogP contribution in [0.4, 0.5) is 11.4 Å². The van der Waals surface area contributed by atoms with E-state index in [1.807, 2.05) is 0 Å². The number of hydrogen-bond donors (Lipinski definition) is 2. The Kier molecular flexibility index (Phi) is 3.26. The molecule has 0 aliphatic heterocycles. The molecule has 1 aromatic heterocycles. The summed E-state index contributed by atoms with van der Waals surface area (Å²) < 4.78 is 3.70. The van der Waals surface area contributed by atoms with Gasteiger partial charge in [0.2, 0.25) is 0 Å². The highest BCUT2D eigenvalue weighted by Crippen LogP contribution is 2.23. The second-order valence-electron chi connectivity index (χ2n) is 3.38. The Labute approximate surface area is 107 Å². The molecule has 2 aromatic rings. The topological polar surface area (TPSA) is 80.9 Å². The number of hydrogen-bond acceptors (Lipinski definition) is 5. The SMILES string of the molecule is Cc1nnsc1C(=O)Nc1ccc(Cl)c(N)c1. The summed E-state index contributed by atoms with van der Waals surface area (Å²) in [5.41, 5.74) is 7.25. The van der Waals surface area contributed by atoms with Crippen molar-refractivity contribution in [2.75, 3.05) is 11.1 Å². The molecule has 1 amide bonds. The quantitative estimate of drug-likeness (QED) is 0.819. The molecular formula is C10H9ClN4OS. The Morgan fingerprint density at radius 1 is 1.53 bits per heavy atom. The average molecular weight is 269 g/mol. The third-order valence-electron chi connectivity index (χ3n) is 2.11. The van der Waals surface area contributed by atoms with Crippen LogP contribution in [0.25, 0.3) is 0 Å². The van der Waals surface area contributed by atoms with E-state index in [1.165, 1.54) is 0 Å². The van der Waals surface area contributed by atoms with E-state index >= 15 is 0 Å². The van der Waals surface area contributed by atoms with Crippen LogP contribution in [0.1, 0.15) is 15.4 Å². The van der Waals surface area contributed by atoms with Crippen molar-refractivity contribution in [3.8, 4) is 0 Å². The third kappa shape index (κ3) is 2.54. The molecule has 5 nitrogen and oxygen atoms in total. The summed E-state index contributed by atoms with van der Waals surface area (Å²) in [6, 6.07) is 4.91. The molecule has 1 aromatic carbocycles. The van der Waals surface area contributed by atoms with Crippen LogP contribution < -0.4 is 11.1 Å². The van der Waals surface area contributed by atoms with Gasteiger partial charge < -0.3 is 11.1 Å². The Balaban J connectivity index is 2.19. The van der Waals surface area contributed by atoms with Gasteiger partial charge in [0.15, 0.2) is 0 Å². The molecule has 0 fully saturated rings. The first-order chi connectivity index (χ1) is 8.08. The molecule has 0 bridgehead atoms. The smallest absolute Gasteiger partial charge is 0.269 e. The lowest BCUT2D eigenvalue weighted by Crippen LogP contribution is -2.11. The van der Waals surface area contributed by atoms with Crippen LogP contribution in [-0.2, 0) is 0 Å². The van der Waals surface area contributed by atoms with Gasteiger partial charge in [0.05, 0.1) is 16.4 Å². The van der Waals surface area contributed by atoms with E-state index in [0.29, 0.717) is 27.0 Å². The lowest BCUT2D eigenvalue weighted by atomic mass is 10.2. The highest BCUT2D eigenvalue weighted by Gasteiger charge is 2.13. The van der Waals surface area contributed by atoms with Crippen molar-refractivity contribution >= 4 is 40.4 Å². The number of anilines is 2. The number of carbonyl (C=O) groups excluding carboxylic acids is 1. The Morgan fingerprint density at radius 3 is 2.88 bits per heavy atom. The van der Waals surface area contributed by atoms with Gasteiger partial charge >= 0.3 is 0 Å². The molecule has 88 valence electrons. The molecule has 0 saturated carbocycles. The summed E-state index contributed by atoms with van der Waals surface area (Å²) in [5.74, 6) is -0.251. The van der Waals surface area contributed by atoms with Crippen LogP contribution in [0.15, 0.2) is 18.2 Å². The number of halogens is 1. The van der Waals surface area contributed by atoms with Gasteiger partial charge in [-0.1, -0.05) is 16.1 Å². The monoisotopic (exact) mass is 268 g/mol. The van der Waals surface area contributed by atoms with Crippen LogP contribution >= 0.6 is 23.1 Å². The molecule has 7 heteroatoms. The minimum absolute atomic E-state index is 0.251. The van der Waals surface area contributed by atoms with Gasteiger partial charge in [-0.2, -0.15) is 0 Å². The minimum Gasteiger partial charge on any atom is -0.397 e. The number of aromatic nitrogens is 2. The van der Waals surface area contributed by atoms with Gasteiger partial charge in [0.1, 0.15) is 4.88 Å². The summed E-state index contributed by atoms with van der Waals surface area (Å²) in [7, 11) is 0. The van der Waals surface area contributed by atoms with Crippen LogP contribution in [0, 0.1) is 6.92 Å². The Morgan fingerprint density at radius 2 is 2.29 bits per heavy atom. The molecule has 2 rings (SSSR count). The number of amides is 1. The fraction of sp³-hybridized carbons (Fsp3) is 0.100. The highest BCUT2D eigenvalue weighted by atomic mass is 35.5. The van der Waals surface area contributed by atoms with Crippen LogP contribution in [0.3, 0.4) is 0 Å². The van der Waals surface area contributed by atoms with E-state index in [2.05, 4.69) is 14.9 Å². The number of nitrogen functional groups attached to an aromatic ring is 1. The molecule has 17 heavy (non-hydrogen) atoms. The van der Waals surface area contributed by atoms with Crippen molar-refractivity contribution in [3.63, 3.8) is 0 Å². The van der Waals surface area contributed by atoms with Gasteiger partial charge in [-0.25, -0.2) is 0 Å². The average Bonchev–Trinajstić information content (AvgIpc) is 2.70. The van der Waals surface area contributed by atoms with E-state index in [4.69, 9.17) is 17.3 Å². The third-order valence-corrected chi connectivity index (χ3v) is 3.28. The van der Waals surface area contributed by atoms with Crippen molar-refractivity contribution in [3.05, 3.63) is 33.8 Å². The molecule has 0 unspecified atom stereocenters. The van der Waals surface area contributed by atoms with Crippen molar-refractivity contribution < 1.29 is 4.79 Å². The number of nitrogens with one attached hydrogen (secondary N) is 1. The fourth-order valence-corrected chi connectivity index (χ4v) is 1.92. The molecule has 3 N–H and O–H groups in total. The number of nitrogens with zero attached hydrogens (tertiary/aromatic N) is 2. The first kappa shape index (κ1) is 11.8. The summed E-state index contributed by atoms with van der Waals surface area (Å²) in [6.45, 7) is 1.73.